The summed E-state index contributed by atoms with van der Waals surface area (Å²) in [7, 11) is 0. The van der Waals surface area contributed by atoms with Crippen molar-refractivity contribution in [3.63, 3.8) is 0 Å². The van der Waals surface area contributed by atoms with Crippen LogP contribution in [0, 0.1) is 24.4 Å². The minimum absolute atomic E-state index is 0.00326. The first kappa shape index (κ1) is 22.9. The van der Waals surface area contributed by atoms with Crippen LogP contribution in [0.5, 0.6) is 0 Å². The average Bonchev–Trinajstić information content (AvgIpc) is 2.68. The normalized spacial score (nSPS) is 18.7. The van der Waals surface area contributed by atoms with E-state index >= 15 is 0 Å². The molecule has 2 saturated heterocycles. The second-order valence-corrected chi connectivity index (χ2v) is 8.50. The number of carbonyl (C=O) groups is 3. The van der Waals surface area contributed by atoms with E-state index in [0.29, 0.717) is 5.56 Å². The fraction of sp³-hybridized carbons (Fsp3) is 0.318. The van der Waals surface area contributed by atoms with Crippen LogP contribution < -0.4 is 15.1 Å². The maximum absolute atomic E-state index is 14.8. The van der Waals surface area contributed by atoms with Gasteiger partial charge in [-0.1, -0.05) is 11.6 Å². The van der Waals surface area contributed by atoms with Crippen molar-refractivity contribution < 1.29 is 32.7 Å². The summed E-state index contributed by atoms with van der Waals surface area (Å²) in [6.45, 7) is 1.77. The number of imide groups is 1. The first-order chi connectivity index (χ1) is 15.6. The molecule has 0 bridgehead atoms. The molecule has 2 aliphatic heterocycles. The molecular weight excluding hydrogens is 463 g/mol. The Morgan fingerprint density at radius 2 is 1.76 bits per heavy atom. The van der Waals surface area contributed by atoms with Crippen LogP contribution in [-0.2, 0) is 9.59 Å². The Morgan fingerprint density at radius 1 is 1.12 bits per heavy atom. The van der Waals surface area contributed by atoms with Gasteiger partial charge in [0.1, 0.15) is 17.5 Å². The zero-order valence-electron chi connectivity index (χ0n) is 17.4. The summed E-state index contributed by atoms with van der Waals surface area (Å²) in [5, 5.41) is 11.9. The Bertz CT molecular complexity index is 1150. The third kappa shape index (κ3) is 4.22. The molecule has 2 N–H and O–H groups in total. The van der Waals surface area contributed by atoms with E-state index in [1.807, 2.05) is 0 Å². The highest BCUT2D eigenvalue weighted by molar-refractivity contribution is 6.31. The van der Waals surface area contributed by atoms with E-state index in [-0.39, 0.29) is 42.3 Å². The Balaban J connectivity index is 1.54. The highest BCUT2D eigenvalue weighted by Gasteiger charge is 2.38. The van der Waals surface area contributed by atoms with Crippen molar-refractivity contribution in [3.8, 4) is 0 Å². The van der Waals surface area contributed by atoms with Crippen molar-refractivity contribution in [2.24, 2.45) is 0 Å². The predicted molar refractivity (Wildman–Crippen MR) is 114 cm³/mol. The number of rotatable bonds is 4. The molecule has 1 atom stereocenters. The van der Waals surface area contributed by atoms with Crippen LogP contribution in [0.4, 0.5) is 29.3 Å². The van der Waals surface area contributed by atoms with E-state index < -0.39 is 52.9 Å². The fourth-order valence-corrected chi connectivity index (χ4v) is 4.32. The van der Waals surface area contributed by atoms with Crippen LogP contribution >= 0.6 is 11.6 Å². The number of carbonyl (C=O) groups excluding carboxylic acids is 2. The van der Waals surface area contributed by atoms with Gasteiger partial charge in [-0.3, -0.25) is 19.8 Å². The predicted octanol–water partition coefficient (Wildman–Crippen LogP) is 3.96. The monoisotopic (exact) mass is 481 g/mol. The fourth-order valence-electron chi connectivity index (χ4n) is 4.17. The molecule has 2 heterocycles. The van der Waals surface area contributed by atoms with E-state index in [4.69, 9.17) is 11.6 Å². The third-order valence-corrected chi connectivity index (χ3v) is 6.34. The van der Waals surface area contributed by atoms with Gasteiger partial charge < -0.3 is 10.0 Å². The lowest BCUT2D eigenvalue weighted by molar-refractivity contribution is -0.134. The number of halogens is 4. The zero-order chi connectivity index (χ0) is 24.0. The molecule has 2 aromatic rings. The summed E-state index contributed by atoms with van der Waals surface area (Å²) in [6, 6.07) is 3.85. The molecule has 0 aromatic heterocycles. The molecule has 0 radical (unpaired) electrons. The van der Waals surface area contributed by atoms with Crippen molar-refractivity contribution in [3.05, 3.63) is 57.9 Å². The average molecular weight is 482 g/mol. The van der Waals surface area contributed by atoms with Crippen molar-refractivity contribution in [2.45, 2.75) is 31.7 Å². The standard InChI is InChI=1S/C22H19ClF3N3O4/c1-10-4-18(15(24)7-14(10)23)29(22(32)33)12-8-28(9-12)11-5-16(25)20(17(26)6-11)13-2-3-19(30)27-21(13)31/h4-7,12-13H,2-3,8-9H2,1H3,(H,32,33)(H,27,30,31). The molecule has 2 aromatic carbocycles. The van der Waals surface area contributed by atoms with Gasteiger partial charge in [0.2, 0.25) is 11.8 Å². The number of hydrogen-bond acceptors (Lipinski definition) is 4. The third-order valence-electron chi connectivity index (χ3n) is 5.94. The van der Waals surface area contributed by atoms with Gasteiger partial charge in [-0.2, -0.15) is 0 Å². The van der Waals surface area contributed by atoms with E-state index in [1.165, 1.54) is 6.07 Å². The Kier molecular flexibility index (Phi) is 5.96. The van der Waals surface area contributed by atoms with Gasteiger partial charge in [0, 0.05) is 35.8 Å². The van der Waals surface area contributed by atoms with E-state index in [9.17, 15) is 32.7 Å². The Labute approximate surface area is 191 Å². The van der Waals surface area contributed by atoms with Gasteiger partial charge in [0.15, 0.2) is 0 Å². The lowest BCUT2D eigenvalue weighted by Gasteiger charge is -2.45. The van der Waals surface area contributed by atoms with Crippen molar-refractivity contribution in [1.82, 2.24) is 5.32 Å². The first-order valence-electron chi connectivity index (χ1n) is 10.1. The van der Waals surface area contributed by atoms with E-state index in [0.717, 1.165) is 23.1 Å². The van der Waals surface area contributed by atoms with Crippen LogP contribution in [-0.4, -0.2) is 42.1 Å². The summed E-state index contributed by atoms with van der Waals surface area (Å²) >= 11 is 5.89. The Morgan fingerprint density at radius 3 is 2.33 bits per heavy atom. The van der Waals surface area contributed by atoms with Crippen LogP contribution in [0.1, 0.15) is 29.9 Å². The molecule has 7 nitrogen and oxygen atoms in total. The minimum Gasteiger partial charge on any atom is -0.465 e. The molecule has 0 aliphatic carbocycles. The van der Waals surface area contributed by atoms with Crippen LogP contribution in [0.3, 0.4) is 0 Å². The SMILES string of the molecule is Cc1cc(N(C(=O)O)C2CN(c3cc(F)c(C4CCC(=O)NC4=O)c(F)c3)C2)c(F)cc1Cl. The minimum atomic E-state index is -1.37. The number of anilines is 2. The second-order valence-electron chi connectivity index (χ2n) is 8.09. The molecule has 3 amide bonds. The van der Waals surface area contributed by atoms with Crippen LogP contribution in [0.25, 0.3) is 0 Å². The summed E-state index contributed by atoms with van der Waals surface area (Å²) < 4.78 is 44.0. The topological polar surface area (TPSA) is 90.0 Å². The van der Waals surface area contributed by atoms with Gasteiger partial charge in [-0.05, 0) is 43.2 Å². The number of carboxylic acid groups (broad SMARTS) is 1. The largest absolute Gasteiger partial charge is 0.465 e. The molecule has 2 fully saturated rings. The van der Waals surface area contributed by atoms with Gasteiger partial charge in [0.05, 0.1) is 17.6 Å². The summed E-state index contributed by atoms with van der Waals surface area (Å²) in [5.41, 5.74) is 0.102. The van der Waals surface area contributed by atoms with Crippen molar-refractivity contribution in [1.29, 1.82) is 0 Å². The number of amides is 3. The van der Waals surface area contributed by atoms with Gasteiger partial charge >= 0.3 is 6.09 Å². The maximum atomic E-state index is 14.8. The molecular formula is C22H19ClF3N3O4. The van der Waals surface area contributed by atoms with E-state index in [1.54, 1.807) is 11.8 Å². The molecule has 4 rings (SSSR count). The number of nitrogens with zero attached hydrogens (tertiary/aromatic N) is 2. The Hall–Kier alpha value is -3.27. The highest BCUT2D eigenvalue weighted by atomic mass is 35.5. The summed E-state index contributed by atoms with van der Waals surface area (Å²) in [4.78, 5) is 37.6. The number of hydrogen-bond donors (Lipinski definition) is 2. The van der Waals surface area contributed by atoms with Gasteiger partial charge in [-0.25, -0.2) is 18.0 Å². The first-order valence-corrected chi connectivity index (χ1v) is 10.5. The number of piperidine rings is 1. The summed E-state index contributed by atoms with van der Waals surface area (Å²) in [5.74, 6) is -5.01. The quantitative estimate of drug-likeness (QED) is 0.645. The van der Waals surface area contributed by atoms with Crippen molar-refractivity contribution in [2.75, 3.05) is 22.9 Å². The molecule has 33 heavy (non-hydrogen) atoms. The van der Waals surface area contributed by atoms with Crippen LogP contribution in [0.15, 0.2) is 24.3 Å². The molecule has 0 spiro atoms. The second kappa shape index (κ2) is 8.58. The molecule has 2 aliphatic rings. The van der Waals surface area contributed by atoms with Crippen LogP contribution in [0.2, 0.25) is 5.02 Å². The molecule has 174 valence electrons. The molecule has 1 unspecified atom stereocenters. The van der Waals surface area contributed by atoms with Crippen molar-refractivity contribution >= 4 is 40.9 Å². The lowest BCUT2D eigenvalue weighted by Crippen LogP contribution is -2.61. The zero-order valence-corrected chi connectivity index (χ0v) is 18.1. The maximum Gasteiger partial charge on any atom is 0.412 e. The lowest BCUT2D eigenvalue weighted by atomic mass is 9.89. The number of nitrogens with one attached hydrogen (secondary N) is 1. The smallest absolute Gasteiger partial charge is 0.412 e. The summed E-state index contributed by atoms with van der Waals surface area (Å²) in [6.07, 6.45) is -1.38. The number of benzene rings is 2. The van der Waals surface area contributed by atoms with E-state index in [2.05, 4.69) is 5.32 Å². The van der Waals surface area contributed by atoms with Gasteiger partial charge in [0.25, 0.3) is 0 Å². The highest BCUT2D eigenvalue weighted by Crippen LogP contribution is 2.35. The number of aryl methyl sites for hydroxylation is 1. The molecule has 11 heteroatoms. The van der Waals surface area contributed by atoms with Gasteiger partial charge in [-0.15, -0.1) is 0 Å². The molecule has 0 saturated carbocycles.